The molecule has 0 aromatic heterocycles. The maximum Gasteiger partial charge on any atom is 0.411 e. The van der Waals surface area contributed by atoms with Crippen LogP contribution in [0.5, 0.6) is 0 Å². The third-order valence-electron chi connectivity index (χ3n) is 4.84. The van der Waals surface area contributed by atoms with E-state index in [9.17, 15) is 18.0 Å². The summed E-state index contributed by atoms with van der Waals surface area (Å²) in [4.78, 5) is 18.6. The number of halogens is 3. The molecule has 0 saturated carbocycles. The Bertz CT molecular complexity index is 409. The molecule has 1 N–H and O–H groups in total. The topological polar surface area (TPSA) is 48.1 Å². The standard InChI is InChI=1S/C17H31F3N4O2/c18-17(19,20)15-26-14-4-8-23-10-12-24(13-11-23)16(25)21-5-9-22-6-2-1-3-7-22/h1-15H2,(H,21,25). The molecule has 0 aromatic carbocycles. The van der Waals surface area contributed by atoms with Crippen molar-refractivity contribution in [2.45, 2.75) is 31.9 Å². The molecule has 6 nitrogen and oxygen atoms in total. The molecule has 2 aliphatic heterocycles. The van der Waals surface area contributed by atoms with Crippen LogP contribution in [0, 0.1) is 0 Å². The van der Waals surface area contributed by atoms with E-state index in [1.165, 1.54) is 19.3 Å². The molecule has 152 valence electrons. The molecule has 2 aliphatic rings. The molecule has 2 rings (SSSR count). The zero-order chi connectivity index (χ0) is 18.8. The van der Waals surface area contributed by atoms with E-state index in [0.717, 1.165) is 32.7 Å². The number of nitrogens with zero attached hydrogens (tertiary/aromatic N) is 3. The van der Waals surface area contributed by atoms with Crippen LogP contribution in [0.15, 0.2) is 0 Å². The molecule has 2 fully saturated rings. The van der Waals surface area contributed by atoms with Crippen molar-refractivity contribution in [2.75, 3.05) is 72.1 Å². The second kappa shape index (κ2) is 10.9. The van der Waals surface area contributed by atoms with Crippen molar-refractivity contribution in [3.8, 4) is 0 Å². The number of urea groups is 1. The number of piperazine rings is 1. The Kier molecular flexibility index (Phi) is 8.94. The number of alkyl halides is 3. The fourth-order valence-corrected chi connectivity index (χ4v) is 3.37. The molecule has 0 radical (unpaired) electrons. The van der Waals surface area contributed by atoms with E-state index in [1.807, 2.05) is 4.90 Å². The summed E-state index contributed by atoms with van der Waals surface area (Å²) in [6.45, 7) is 6.26. The van der Waals surface area contributed by atoms with E-state index >= 15 is 0 Å². The Hall–Kier alpha value is -1.06. The number of amides is 2. The lowest BCUT2D eigenvalue weighted by atomic mass is 10.1. The first-order valence-corrected chi connectivity index (χ1v) is 9.56. The molecule has 2 saturated heterocycles. The van der Waals surface area contributed by atoms with Gasteiger partial charge in [-0.05, 0) is 32.4 Å². The van der Waals surface area contributed by atoms with Crippen LogP contribution < -0.4 is 5.32 Å². The average Bonchev–Trinajstić information content (AvgIpc) is 2.62. The third kappa shape index (κ3) is 8.55. The van der Waals surface area contributed by atoms with Gasteiger partial charge in [0.1, 0.15) is 6.61 Å². The summed E-state index contributed by atoms with van der Waals surface area (Å²) in [5, 5.41) is 2.99. The second-order valence-corrected chi connectivity index (χ2v) is 6.98. The summed E-state index contributed by atoms with van der Waals surface area (Å²) in [5.74, 6) is 0. The SMILES string of the molecule is O=C(NCCN1CCCCC1)N1CCN(CCCOCC(F)(F)F)CC1. The molecule has 2 heterocycles. The minimum absolute atomic E-state index is 0.0184. The molecule has 0 spiro atoms. The van der Waals surface area contributed by atoms with Crippen molar-refractivity contribution >= 4 is 6.03 Å². The summed E-state index contributed by atoms with van der Waals surface area (Å²) in [6.07, 6.45) is 0.112. The van der Waals surface area contributed by atoms with E-state index in [0.29, 0.717) is 32.6 Å². The molecular weight excluding hydrogens is 349 g/mol. The van der Waals surface area contributed by atoms with Crippen LogP contribution in [0.3, 0.4) is 0 Å². The highest BCUT2D eigenvalue weighted by Gasteiger charge is 2.27. The van der Waals surface area contributed by atoms with Crippen LogP contribution in [0.1, 0.15) is 25.7 Å². The number of ether oxygens (including phenoxy) is 1. The molecule has 9 heteroatoms. The average molecular weight is 380 g/mol. The van der Waals surface area contributed by atoms with Gasteiger partial charge in [0.05, 0.1) is 0 Å². The summed E-state index contributed by atoms with van der Waals surface area (Å²) >= 11 is 0. The lowest BCUT2D eigenvalue weighted by molar-refractivity contribution is -0.174. The van der Waals surface area contributed by atoms with Gasteiger partial charge in [0.15, 0.2) is 0 Å². The summed E-state index contributed by atoms with van der Waals surface area (Å²) in [6, 6.07) is -0.0184. The van der Waals surface area contributed by atoms with Crippen molar-refractivity contribution < 1.29 is 22.7 Å². The van der Waals surface area contributed by atoms with Crippen LogP contribution in [0.25, 0.3) is 0 Å². The van der Waals surface area contributed by atoms with E-state index in [2.05, 4.69) is 19.9 Å². The summed E-state index contributed by atoms with van der Waals surface area (Å²) in [7, 11) is 0. The Morgan fingerprint density at radius 1 is 0.923 bits per heavy atom. The van der Waals surface area contributed by atoms with Crippen molar-refractivity contribution in [3.05, 3.63) is 0 Å². The zero-order valence-corrected chi connectivity index (χ0v) is 15.4. The zero-order valence-electron chi connectivity index (χ0n) is 15.4. The van der Waals surface area contributed by atoms with Crippen molar-refractivity contribution in [1.82, 2.24) is 20.0 Å². The highest BCUT2D eigenvalue weighted by molar-refractivity contribution is 5.74. The number of hydrogen-bond acceptors (Lipinski definition) is 4. The van der Waals surface area contributed by atoms with Gasteiger partial charge in [-0.3, -0.25) is 4.90 Å². The van der Waals surface area contributed by atoms with E-state index in [4.69, 9.17) is 0 Å². The fourth-order valence-electron chi connectivity index (χ4n) is 3.37. The second-order valence-electron chi connectivity index (χ2n) is 6.98. The lowest BCUT2D eigenvalue weighted by Crippen LogP contribution is -2.52. The molecule has 0 bridgehead atoms. The van der Waals surface area contributed by atoms with Gasteiger partial charge in [0.2, 0.25) is 0 Å². The number of hydrogen-bond donors (Lipinski definition) is 1. The minimum atomic E-state index is -4.26. The maximum absolute atomic E-state index is 12.2. The molecule has 26 heavy (non-hydrogen) atoms. The predicted molar refractivity (Wildman–Crippen MR) is 93.2 cm³/mol. The van der Waals surface area contributed by atoms with Crippen molar-refractivity contribution in [2.24, 2.45) is 0 Å². The third-order valence-corrected chi connectivity index (χ3v) is 4.84. The Labute approximate surface area is 153 Å². The van der Waals surface area contributed by atoms with Gasteiger partial charge in [-0.25, -0.2) is 4.79 Å². The fraction of sp³-hybridized carbons (Fsp3) is 0.941. The first-order chi connectivity index (χ1) is 12.4. The van der Waals surface area contributed by atoms with Gasteiger partial charge in [-0.15, -0.1) is 0 Å². The number of carbonyl (C=O) groups excluding carboxylic acids is 1. The maximum atomic E-state index is 12.2. The van der Waals surface area contributed by atoms with Crippen LogP contribution in [-0.4, -0.2) is 99.0 Å². The van der Waals surface area contributed by atoms with Crippen LogP contribution in [0.4, 0.5) is 18.0 Å². The van der Waals surface area contributed by atoms with Crippen LogP contribution in [0.2, 0.25) is 0 Å². The quantitative estimate of drug-likeness (QED) is 0.652. The Morgan fingerprint density at radius 3 is 2.23 bits per heavy atom. The van der Waals surface area contributed by atoms with Gasteiger partial charge in [0.25, 0.3) is 0 Å². The predicted octanol–water partition coefficient (Wildman–Crippen LogP) is 1.77. The minimum Gasteiger partial charge on any atom is -0.372 e. The number of carbonyl (C=O) groups is 1. The van der Waals surface area contributed by atoms with Gasteiger partial charge in [0, 0.05) is 52.4 Å². The van der Waals surface area contributed by atoms with Crippen molar-refractivity contribution in [3.63, 3.8) is 0 Å². The number of piperidine rings is 1. The van der Waals surface area contributed by atoms with Crippen molar-refractivity contribution in [1.29, 1.82) is 0 Å². The largest absolute Gasteiger partial charge is 0.411 e. The summed E-state index contributed by atoms with van der Waals surface area (Å²) in [5.41, 5.74) is 0. The Morgan fingerprint density at radius 2 is 1.58 bits per heavy atom. The van der Waals surface area contributed by atoms with Crippen LogP contribution >= 0.6 is 0 Å². The lowest BCUT2D eigenvalue weighted by Gasteiger charge is -2.35. The number of rotatable bonds is 8. The van der Waals surface area contributed by atoms with E-state index in [-0.39, 0.29) is 12.6 Å². The van der Waals surface area contributed by atoms with Gasteiger partial charge < -0.3 is 19.9 Å². The number of likely N-dealkylation sites (tertiary alicyclic amines) is 1. The normalized spacial score (nSPS) is 20.3. The molecule has 0 atom stereocenters. The molecule has 0 unspecified atom stereocenters. The highest BCUT2D eigenvalue weighted by Crippen LogP contribution is 2.14. The van der Waals surface area contributed by atoms with Crippen LogP contribution in [-0.2, 0) is 4.74 Å². The Balaban J connectivity index is 1.50. The smallest absolute Gasteiger partial charge is 0.372 e. The van der Waals surface area contributed by atoms with E-state index < -0.39 is 12.8 Å². The van der Waals surface area contributed by atoms with Gasteiger partial charge in [-0.1, -0.05) is 6.42 Å². The highest BCUT2D eigenvalue weighted by atomic mass is 19.4. The monoisotopic (exact) mass is 380 g/mol. The van der Waals surface area contributed by atoms with Gasteiger partial charge in [-0.2, -0.15) is 13.2 Å². The first kappa shape index (κ1) is 21.2. The molecular formula is C17H31F3N4O2. The molecule has 0 aromatic rings. The number of nitrogens with one attached hydrogen (secondary N) is 1. The van der Waals surface area contributed by atoms with Gasteiger partial charge >= 0.3 is 12.2 Å². The van der Waals surface area contributed by atoms with E-state index in [1.54, 1.807) is 0 Å². The summed E-state index contributed by atoms with van der Waals surface area (Å²) < 4.78 is 40.5. The molecule has 2 amide bonds. The molecule has 0 aliphatic carbocycles. The first-order valence-electron chi connectivity index (χ1n) is 9.56.